The zero-order chi connectivity index (χ0) is 15.9. The van der Waals surface area contributed by atoms with Crippen LogP contribution in [0.3, 0.4) is 0 Å². The van der Waals surface area contributed by atoms with Crippen LogP contribution in [-0.4, -0.2) is 38.0 Å². The van der Waals surface area contributed by atoms with Gasteiger partial charge in [0.1, 0.15) is 5.82 Å². The molecule has 1 aromatic rings. The second kappa shape index (κ2) is 9.47. The Morgan fingerprint density at radius 3 is 2.70 bits per heavy atom. The largest absolute Gasteiger partial charge is 0.354 e. The Balaban J connectivity index is 0.00000264. The van der Waals surface area contributed by atoms with Crippen LogP contribution in [0.25, 0.3) is 0 Å². The molecular formula is C16H23ClFN3O2. The molecule has 0 bridgehead atoms. The highest BCUT2D eigenvalue weighted by Gasteiger charge is 2.20. The molecule has 1 atom stereocenters. The molecule has 1 aliphatic rings. The van der Waals surface area contributed by atoms with E-state index < -0.39 is 5.82 Å². The number of nitrogens with one attached hydrogen (secondary N) is 3. The van der Waals surface area contributed by atoms with Gasteiger partial charge in [-0.05, 0) is 44.0 Å². The van der Waals surface area contributed by atoms with E-state index in [0.29, 0.717) is 25.2 Å². The molecule has 5 nitrogen and oxygen atoms in total. The minimum atomic E-state index is -0.397. The molecule has 0 saturated carbocycles. The van der Waals surface area contributed by atoms with Crippen LogP contribution in [0.2, 0.25) is 0 Å². The Bertz CT molecular complexity index is 548. The van der Waals surface area contributed by atoms with Gasteiger partial charge in [0.15, 0.2) is 0 Å². The number of hydrogen-bond acceptors (Lipinski definition) is 3. The van der Waals surface area contributed by atoms with E-state index in [0.717, 1.165) is 19.4 Å². The van der Waals surface area contributed by atoms with Crippen molar-refractivity contribution >= 4 is 24.2 Å². The molecule has 1 saturated heterocycles. The molecule has 0 radical (unpaired) electrons. The summed E-state index contributed by atoms with van der Waals surface area (Å²) in [6, 6.07) is 4.37. The molecule has 1 unspecified atom stereocenters. The Labute approximate surface area is 141 Å². The summed E-state index contributed by atoms with van der Waals surface area (Å²) < 4.78 is 13.4. The van der Waals surface area contributed by atoms with Crippen LogP contribution in [0.4, 0.5) is 4.39 Å². The van der Waals surface area contributed by atoms with Gasteiger partial charge in [-0.25, -0.2) is 4.39 Å². The van der Waals surface area contributed by atoms with Gasteiger partial charge < -0.3 is 16.0 Å². The topological polar surface area (TPSA) is 70.2 Å². The SMILES string of the molecule is Cc1ccc(C(=O)NCCNC(=O)C2CCCNC2)cc1F.Cl. The van der Waals surface area contributed by atoms with Crippen molar-refractivity contribution in [2.24, 2.45) is 5.92 Å². The highest BCUT2D eigenvalue weighted by Crippen LogP contribution is 2.10. The highest BCUT2D eigenvalue weighted by atomic mass is 35.5. The summed E-state index contributed by atoms with van der Waals surface area (Å²) in [5, 5.41) is 8.67. The van der Waals surface area contributed by atoms with Crippen molar-refractivity contribution < 1.29 is 14.0 Å². The third kappa shape index (κ3) is 5.80. The van der Waals surface area contributed by atoms with Crippen LogP contribution < -0.4 is 16.0 Å². The van der Waals surface area contributed by atoms with E-state index in [9.17, 15) is 14.0 Å². The van der Waals surface area contributed by atoms with Crippen molar-refractivity contribution in [1.29, 1.82) is 0 Å². The van der Waals surface area contributed by atoms with Crippen LogP contribution in [0.15, 0.2) is 18.2 Å². The van der Waals surface area contributed by atoms with Gasteiger partial charge in [-0.15, -0.1) is 12.4 Å². The predicted octanol–water partition coefficient (Wildman–Crippen LogP) is 1.40. The van der Waals surface area contributed by atoms with Gasteiger partial charge in [-0.3, -0.25) is 9.59 Å². The van der Waals surface area contributed by atoms with Gasteiger partial charge in [0.25, 0.3) is 5.91 Å². The van der Waals surface area contributed by atoms with Crippen LogP contribution in [-0.2, 0) is 4.79 Å². The Morgan fingerprint density at radius 2 is 2.04 bits per heavy atom. The first-order valence-corrected chi connectivity index (χ1v) is 7.60. The predicted molar refractivity (Wildman–Crippen MR) is 89.3 cm³/mol. The molecule has 0 aliphatic carbocycles. The van der Waals surface area contributed by atoms with E-state index in [1.165, 1.54) is 6.07 Å². The second-order valence-electron chi connectivity index (χ2n) is 5.55. The maximum absolute atomic E-state index is 13.4. The number of benzene rings is 1. The Morgan fingerprint density at radius 1 is 1.30 bits per heavy atom. The molecule has 1 heterocycles. The van der Waals surface area contributed by atoms with Gasteiger partial charge in [0.2, 0.25) is 5.91 Å². The monoisotopic (exact) mass is 343 g/mol. The molecule has 2 rings (SSSR count). The number of piperidine rings is 1. The van der Waals surface area contributed by atoms with E-state index in [1.807, 2.05) is 0 Å². The summed E-state index contributed by atoms with van der Waals surface area (Å²) in [6.07, 6.45) is 1.90. The van der Waals surface area contributed by atoms with Crippen LogP contribution >= 0.6 is 12.4 Å². The van der Waals surface area contributed by atoms with Crippen LogP contribution in [0.5, 0.6) is 0 Å². The molecule has 2 amide bonds. The molecule has 1 fully saturated rings. The van der Waals surface area contributed by atoms with Gasteiger partial charge in [-0.1, -0.05) is 6.07 Å². The quantitative estimate of drug-likeness (QED) is 0.708. The van der Waals surface area contributed by atoms with Crippen molar-refractivity contribution in [3.8, 4) is 0 Å². The third-order valence-electron chi connectivity index (χ3n) is 3.81. The molecule has 23 heavy (non-hydrogen) atoms. The average Bonchev–Trinajstić information content (AvgIpc) is 2.54. The number of hydrogen-bond donors (Lipinski definition) is 3. The fourth-order valence-electron chi connectivity index (χ4n) is 2.42. The first kappa shape index (κ1) is 19.4. The van der Waals surface area contributed by atoms with E-state index in [-0.39, 0.29) is 35.7 Å². The summed E-state index contributed by atoms with van der Waals surface area (Å²) in [5.74, 6) is -0.711. The van der Waals surface area contributed by atoms with Crippen molar-refractivity contribution in [1.82, 2.24) is 16.0 Å². The summed E-state index contributed by atoms with van der Waals surface area (Å²) in [5.41, 5.74) is 0.788. The average molecular weight is 344 g/mol. The lowest BCUT2D eigenvalue weighted by molar-refractivity contribution is -0.125. The fourth-order valence-corrected chi connectivity index (χ4v) is 2.42. The maximum Gasteiger partial charge on any atom is 0.251 e. The van der Waals surface area contributed by atoms with Crippen LogP contribution in [0, 0.1) is 18.7 Å². The summed E-state index contributed by atoms with van der Waals surface area (Å²) >= 11 is 0. The fraction of sp³-hybridized carbons (Fsp3) is 0.500. The first-order chi connectivity index (χ1) is 10.6. The molecule has 0 spiro atoms. The first-order valence-electron chi connectivity index (χ1n) is 7.60. The lowest BCUT2D eigenvalue weighted by atomic mass is 9.99. The van der Waals surface area contributed by atoms with Crippen LogP contribution in [0.1, 0.15) is 28.8 Å². The zero-order valence-corrected chi connectivity index (χ0v) is 14.0. The lowest BCUT2D eigenvalue weighted by Gasteiger charge is -2.21. The standard InChI is InChI=1S/C16H22FN3O2.ClH/c1-11-4-5-12(9-14(11)17)15(21)19-7-8-20-16(22)13-3-2-6-18-10-13;/h4-5,9,13,18H,2-3,6-8,10H2,1H3,(H,19,21)(H,20,22);1H. The van der Waals surface area contributed by atoms with Crippen molar-refractivity contribution in [3.05, 3.63) is 35.1 Å². The molecule has 1 aliphatic heterocycles. The summed E-state index contributed by atoms with van der Waals surface area (Å²) in [6.45, 7) is 4.01. The molecule has 128 valence electrons. The van der Waals surface area contributed by atoms with Gasteiger partial charge in [0, 0.05) is 25.2 Å². The third-order valence-corrected chi connectivity index (χ3v) is 3.81. The van der Waals surface area contributed by atoms with E-state index in [4.69, 9.17) is 0 Å². The minimum Gasteiger partial charge on any atom is -0.354 e. The highest BCUT2D eigenvalue weighted by molar-refractivity contribution is 5.94. The number of amides is 2. The van der Waals surface area contributed by atoms with Crippen molar-refractivity contribution in [2.45, 2.75) is 19.8 Å². The summed E-state index contributed by atoms with van der Waals surface area (Å²) in [4.78, 5) is 23.7. The normalized spacial score (nSPS) is 17.0. The zero-order valence-electron chi connectivity index (χ0n) is 13.2. The number of halogens is 2. The number of aryl methyl sites for hydroxylation is 1. The molecule has 7 heteroatoms. The molecule has 1 aromatic carbocycles. The number of carbonyl (C=O) groups is 2. The van der Waals surface area contributed by atoms with Gasteiger partial charge >= 0.3 is 0 Å². The maximum atomic E-state index is 13.4. The number of rotatable bonds is 5. The van der Waals surface area contributed by atoms with E-state index >= 15 is 0 Å². The van der Waals surface area contributed by atoms with Crippen molar-refractivity contribution in [2.75, 3.05) is 26.2 Å². The number of carbonyl (C=O) groups excluding carboxylic acids is 2. The smallest absolute Gasteiger partial charge is 0.251 e. The van der Waals surface area contributed by atoms with E-state index in [2.05, 4.69) is 16.0 Å². The summed E-state index contributed by atoms with van der Waals surface area (Å²) in [7, 11) is 0. The minimum absolute atomic E-state index is 0. The Hall–Kier alpha value is -1.66. The van der Waals surface area contributed by atoms with Gasteiger partial charge in [0.05, 0.1) is 5.92 Å². The lowest BCUT2D eigenvalue weighted by Crippen LogP contribution is -2.42. The molecule has 3 N–H and O–H groups in total. The Kier molecular flexibility index (Phi) is 7.98. The molecule has 0 aromatic heterocycles. The molecular weight excluding hydrogens is 321 g/mol. The van der Waals surface area contributed by atoms with Crippen molar-refractivity contribution in [3.63, 3.8) is 0 Å². The second-order valence-corrected chi connectivity index (χ2v) is 5.55. The van der Waals surface area contributed by atoms with E-state index in [1.54, 1.807) is 19.1 Å². The van der Waals surface area contributed by atoms with Gasteiger partial charge in [-0.2, -0.15) is 0 Å².